The van der Waals surface area contributed by atoms with Crippen LogP contribution in [0.25, 0.3) is 11.3 Å². The number of aryl methyl sites for hydroxylation is 3. The third-order valence-corrected chi connectivity index (χ3v) is 3.50. The molecular weight excluding hydrogens is 232 g/mol. The van der Waals surface area contributed by atoms with Crippen LogP contribution in [0, 0.1) is 20.8 Å². The molecule has 0 radical (unpaired) electrons. The van der Waals surface area contributed by atoms with E-state index in [4.69, 9.17) is 5.73 Å². The normalized spacial score (nSPS) is 10.5. The Morgan fingerprint density at radius 3 is 2.29 bits per heavy atom. The quantitative estimate of drug-likeness (QED) is 0.885. The van der Waals surface area contributed by atoms with Crippen LogP contribution in [0.4, 0.5) is 0 Å². The molecule has 2 aromatic rings. The number of thiazole rings is 1. The first-order valence-electron chi connectivity index (χ1n) is 5.32. The van der Waals surface area contributed by atoms with Gasteiger partial charge in [-0.05, 0) is 31.9 Å². The number of rotatable bonds is 2. The van der Waals surface area contributed by atoms with Crippen LogP contribution in [0.1, 0.15) is 26.5 Å². The highest BCUT2D eigenvalue weighted by molar-refractivity contribution is 7.12. The van der Waals surface area contributed by atoms with E-state index < -0.39 is 5.91 Å². The van der Waals surface area contributed by atoms with E-state index in [9.17, 15) is 4.79 Å². The van der Waals surface area contributed by atoms with Gasteiger partial charge in [0.1, 0.15) is 0 Å². The van der Waals surface area contributed by atoms with Crippen molar-refractivity contribution in [3.8, 4) is 11.3 Å². The van der Waals surface area contributed by atoms with Crippen LogP contribution in [0.3, 0.4) is 0 Å². The molecule has 3 nitrogen and oxygen atoms in total. The highest BCUT2D eigenvalue weighted by Crippen LogP contribution is 2.29. The molecule has 0 unspecified atom stereocenters. The summed E-state index contributed by atoms with van der Waals surface area (Å²) in [6.07, 6.45) is 0. The second-order valence-electron chi connectivity index (χ2n) is 4.18. The van der Waals surface area contributed by atoms with E-state index in [1.807, 2.05) is 5.38 Å². The molecule has 0 saturated heterocycles. The minimum atomic E-state index is -0.469. The summed E-state index contributed by atoms with van der Waals surface area (Å²) >= 11 is 1.29. The van der Waals surface area contributed by atoms with Crippen molar-refractivity contribution in [2.45, 2.75) is 20.8 Å². The molecule has 0 saturated carbocycles. The molecule has 1 heterocycles. The van der Waals surface area contributed by atoms with Gasteiger partial charge in [-0.1, -0.05) is 17.7 Å². The summed E-state index contributed by atoms with van der Waals surface area (Å²) in [5, 5.41) is 2.24. The SMILES string of the molecule is Cc1cc(C)c(-c2csc(C(N)=O)n2)c(C)c1. The topological polar surface area (TPSA) is 56.0 Å². The van der Waals surface area contributed by atoms with Gasteiger partial charge in [0.2, 0.25) is 0 Å². The van der Waals surface area contributed by atoms with Gasteiger partial charge in [0.05, 0.1) is 5.69 Å². The number of aromatic nitrogens is 1. The number of nitrogens with zero attached hydrogens (tertiary/aromatic N) is 1. The molecule has 17 heavy (non-hydrogen) atoms. The Balaban J connectivity index is 2.56. The average Bonchev–Trinajstić information content (AvgIpc) is 2.65. The second kappa shape index (κ2) is 4.30. The largest absolute Gasteiger partial charge is 0.364 e. The average molecular weight is 246 g/mol. The van der Waals surface area contributed by atoms with Crippen LogP contribution in [-0.2, 0) is 0 Å². The minimum Gasteiger partial charge on any atom is -0.364 e. The molecule has 88 valence electrons. The van der Waals surface area contributed by atoms with Gasteiger partial charge in [-0.25, -0.2) is 4.98 Å². The summed E-state index contributed by atoms with van der Waals surface area (Å²) in [6.45, 7) is 6.18. The van der Waals surface area contributed by atoms with Gasteiger partial charge < -0.3 is 5.73 Å². The lowest BCUT2D eigenvalue weighted by atomic mass is 9.98. The smallest absolute Gasteiger partial charge is 0.277 e. The Hall–Kier alpha value is -1.68. The lowest BCUT2D eigenvalue weighted by molar-refractivity contribution is 0.1000. The zero-order chi connectivity index (χ0) is 12.6. The maximum atomic E-state index is 11.0. The highest BCUT2D eigenvalue weighted by atomic mass is 32.1. The number of amides is 1. The number of nitrogens with two attached hydrogens (primary N) is 1. The van der Waals surface area contributed by atoms with Gasteiger partial charge in [0.15, 0.2) is 5.01 Å². The lowest BCUT2D eigenvalue weighted by Gasteiger charge is -2.08. The number of primary amides is 1. The third kappa shape index (κ3) is 2.22. The van der Waals surface area contributed by atoms with Gasteiger partial charge in [-0.3, -0.25) is 4.79 Å². The maximum absolute atomic E-state index is 11.0. The van der Waals surface area contributed by atoms with Crippen molar-refractivity contribution in [2.75, 3.05) is 0 Å². The van der Waals surface area contributed by atoms with Crippen LogP contribution in [0.15, 0.2) is 17.5 Å². The van der Waals surface area contributed by atoms with Crippen molar-refractivity contribution < 1.29 is 4.79 Å². The monoisotopic (exact) mass is 246 g/mol. The Morgan fingerprint density at radius 1 is 1.24 bits per heavy atom. The molecule has 2 N–H and O–H groups in total. The Kier molecular flexibility index (Phi) is 2.98. The minimum absolute atomic E-state index is 0.361. The van der Waals surface area contributed by atoms with Crippen molar-refractivity contribution >= 4 is 17.2 Å². The molecule has 1 aromatic heterocycles. The molecule has 4 heteroatoms. The van der Waals surface area contributed by atoms with E-state index in [0.717, 1.165) is 11.3 Å². The van der Waals surface area contributed by atoms with E-state index in [-0.39, 0.29) is 0 Å². The number of carbonyl (C=O) groups is 1. The highest BCUT2D eigenvalue weighted by Gasteiger charge is 2.12. The second-order valence-corrected chi connectivity index (χ2v) is 5.03. The maximum Gasteiger partial charge on any atom is 0.277 e. The standard InChI is InChI=1S/C13H14N2OS/c1-7-4-8(2)11(9(3)5-7)10-6-17-13(15-10)12(14)16/h4-6H,1-3H3,(H2,14,16). The van der Waals surface area contributed by atoms with Gasteiger partial charge in [-0.15, -0.1) is 11.3 Å². The zero-order valence-electron chi connectivity index (χ0n) is 10.1. The van der Waals surface area contributed by atoms with Gasteiger partial charge >= 0.3 is 0 Å². The summed E-state index contributed by atoms with van der Waals surface area (Å²) < 4.78 is 0. The predicted molar refractivity (Wildman–Crippen MR) is 70.3 cm³/mol. The zero-order valence-corrected chi connectivity index (χ0v) is 10.9. The fourth-order valence-corrected chi connectivity index (χ4v) is 2.75. The Bertz CT molecular complexity index is 564. The summed E-state index contributed by atoms with van der Waals surface area (Å²) in [5.41, 5.74) is 10.7. The molecule has 1 aromatic carbocycles. The first kappa shape index (κ1) is 11.8. The van der Waals surface area contributed by atoms with Crippen molar-refractivity contribution in [2.24, 2.45) is 5.73 Å². The van der Waals surface area contributed by atoms with Gasteiger partial charge in [-0.2, -0.15) is 0 Å². The van der Waals surface area contributed by atoms with E-state index in [1.165, 1.54) is 28.0 Å². The van der Waals surface area contributed by atoms with E-state index in [2.05, 4.69) is 37.9 Å². The summed E-state index contributed by atoms with van der Waals surface area (Å²) in [4.78, 5) is 15.3. The van der Waals surface area contributed by atoms with Crippen molar-refractivity contribution in [3.05, 3.63) is 39.2 Å². The van der Waals surface area contributed by atoms with Crippen molar-refractivity contribution in [1.82, 2.24) is 4.98 Å². The number of hydrogen-bond acceptors (Lipinski definition) is 3. The Labute approximate surface area is 104 Å². The van der Waals surface area contributed by atoms with Gasteiger partial charge in [0.25, 0.3) is 5.91 Å². The van der Waals surface area contributed by atoms with E-state index >= 15 is 0 Å². The van der Waals surface area contributed by atoms with Crippen LogP contribution in [0.5, 0.6) is 0 Å². The molecule has 0 atom stereocenters. The fraction of sp³-hybridized carbons (Fsp3) is 0.231. The molecule has 0 fully saturated rings. The molecule has 1 amide bonds. The van der Waals surface area contributed by atoms with Crippen LogP contribution in [-0.4, -0.2) is 10.9 Å². The summed E-state index contributed by atoms with van der Waals surface area (Å²) in [6, 6.07) is 4.23. The molecular formula is C13H14N2OS. The lowest BCUT2D eigenvalue weighted by Crippen LogP contribution is -2.10. The molecule has 2 rings (SSSR count). The first-order chi connectivity index (χ1) is 7.99. The number of carbonyl (C=O) groups excluding carboxylic acids is 1. The fourth-order valence-electron chi connectivity index (χ4n) is 2.09. The van der Waals surface area contributed by atoms with E-state index in [1.54, 1.807) is 0 Å². The first-order valence-corrected chi connectivity index (χ1v) is 6.20. The Morgan fingerprint density at radius 2 is 1.82 bits per heavy atom. The number of benzene rings is 1. The van der Waals surface area contributed by atoms with Crippen molar-refractivity contribution in [1.29, 1.82) is 0 Å². The van der Waals surface area contributed by atoms with Crippen molar-refractivity contribution in [3.63, 3.8) is 0 Å². The summed E-state index contributed by atoms with van der Waals surface area (Å²) in [7, 11) is 0. The molecule has 0 aliphatic carbocycles. The predicted octanol–water partition coefficient (Wildman–Crippen LogP) is 2.83. The van der Waals surface area contributed by atoms with Crippen LogP contribution >= 0.6 is 11.3 Å². The number of hydrogen-bond donors (Lipinski definition) is 1. The van der Waals surface area contributed by atoms with Crippen LogP contribution < -0.4 is 5.73 Å². The van der Waals surface area contributed by atoms with E-state index in [0.29, 0.717) is 5.01 Å². The third-order valence-electron chi connectivity index (χ3n) is 2.65. The van der Waals surface area contributed by atoms with Crippen LogP contribution in [0.2, 0.25) is 0 Å². The molecule has 0 bridgehead atoms. The molecule has 0 aliphatic rings. The summed E-state index contributed by atoms with van der Waals surface area (Å²) in [5.74, 6) is -0.469. The molecule has 0 spiro atoms. The van der Waals surface area contributed by atoms with Gasteiger partial charge in [0, 0.05) is 10.9 Å². The molecule has 0 aliphatic heterocycles.